The summed E-state index contributed by atoms with van der Waals surface area (Å²) in [6.07, 6.45) is 4.48. The monoisotopic (exact) mass is 285 g/mol. The molecule has 1 aromatic carbocycles. The molecule has 0 saturated heterocycles. The zero-order chi connectivity index (χ0) is 15.2. The molecule has 2 aromatic rings. The predicted octanol–water partition coefficient (Wildman–Crippen LogP) is 2.29. The van der Waals surface area contributed by atoms with Gasteiger partial charge in [0.05, 0.1) is 18.1 Å². The number of hydrogen-bond acceptors (Lipinski definition) is 3. The Bertz CT molecular complexity index is 575. The van der Waals surface area contributed by atoms with Crippen molar-refractivity contribution in [2.45, 2.75) is 32.9 Å². The van der Waals surface area contributed by atoms with Gasteiger partial charge in [0.25, 0.3) is 0 Å². The molecule has 1 heterocycles. The fourth-order valence-corrected chi connectivity index (χ4v) is 2.35. The molecule has 0 aliphatic rings. The lowest BCUT2D eigenvalue weighted by molar-refractivity contribution is -0.123. The van der Waals surface area contributed by atoms with Crippen LogP contribution in [0.4, 0.5) is 0 Å². The van der Waals surface area contributed by atoms with E-state index < -0.39 is 0 Å². The van der Waals surface area contributed by atoms with Crippen LogP contribution in [-0.4, -0.2) is 28.4 Å². The van der Waals surface area contributed by atoms with E-state index in [2.05, 4.69) is 27.0 Å². The molecule has 0 fully saturated rings. The first-order chi connectivity index (χ1) is 10.1. The van der Waals surface area contributed by atoms with Crippen molar-refractivity contribution in [3.8, 4) is 0 Å². The lowest BCUT2D eigenvalue weighted by Gasteiger charge is -2.15. The molecule has 0 amide bonds. The molecule has 0 aliphatic heterocycles. The Labute approximate surface area is 126 Å². The van der Waals surface area contributed by atoms with Gasteiger partial charge in [-0.1, -0.05) is 44.2 Å². The van der Waals surface area contributed by atoms with Crippen LogP contribution < -0.4 is 5.32 Å². The Hall–Kier alpha value is -1.94. The highest BCUT2D eigenvalue weighted by molar-refractivity contribution is 5.85. The minimum atomic E-state index is -0.162. The average molecular weight is 285 g/mol. The number of imidazole rings is 1. The molecule has 1 N–H and O–H groups in total. The molecule has 0 radical (unpaired) electrons. The van der Waals surface area contributed by atoms with E-state index in [1.807, 2.05) is 51.6 Å². The highest BCUT2D eigenvalue weighted by Gasteiger charge is 2.20. The van der Waals surface area contributed by atoms with Gasteiger partial charge >= 0.3 is 0 Å². The number of Topliss-reactive ketones (excluding diaryl/α,β-unsaturated/α-hetero) is 1. The van der Waals surface area contributed by atoms with Gasteiger partial charge < -0.3 is 9.88 Å². The second-order valence-electron chi connectivity index (χ2n) is 5.63. The van der Waals surface area contributed by atoms with Gasteiger partial charge in [-0.3, -0.25) is 4.79 Å². The van der Waals surface area contributed by atoms with Crippen LogP contribution in [-0.2, 0) is 17.8 Å². The molecule has 4 heteroatoms. The van der Waals surface area contributed by atoms with Crippen LogP contribution in [0, 0.1) is 5.92 Å². The molecule has 4 nitrogen and oxygen atoms in total. The Kier molecular flexibility index (Phi) is 5.28. The Balaban J connectivity index is 2.01. The fourth-order valence-electron chi connectivity index (χ4n) is 2.35. The minimum Gasteiger partial charge on any atom is -0.333 e. The van der Waals surface area contributed by atoms with E-state index in [9.17, 15) is 4.79 Å². The molecule has 0 saturated carbocycles. The van der Waals surface area contributed by atoms with Crippen LogP contribution in [0.15, 0.2) is 42.9 Å². The summed E-state index contributed by atoms with van der Waals surface area (Å²) in [5, 5.41) is 3.09. The molecule has 1 aromatic heterocycles. The van der Waals surface area contributed by atoms with E-state index in [0.29, 0.717) is 6.42 Å². The number of benzene rings is 1. The van der Waals surface area contributed by atoms with Crippen molar-refractivity contribution in [2.75, 3.05) is 7.05 Å². The number of hydrogen-bond donors (Lipinski definition) is 1. The summed E-state index contributed by atoms with van der Waals surface area (Å²) in [7, 11) is 1.83. The van der Waals surface area contributed by atoms with E-state index in [-0.39, 0.29) is 17.7 Å². The van der Waals surface area contributed by atoms with Gasteiger partial charge in [0.1, 0.15) is 0 Å². The first-order valence-corrected chi connectivity index (χ1v) is 7.35. The van der Waals surface area contributed by atoms with Crippen molar-refractivity contribution in [3.63, 3.8) is 0 Å². The summed E-state index contributed by atoms with van der Waals surface area (Å²) >= 11 is 0. The van der Waals surface area contributed by atoms with Gasteiger partial charge in [0.2, 0.25) is 0 Å². The third kappa shape index (κ3) is 4.26. The Morgan fingerprint density at radius 2 is 2.00 bits per heavy atom. The Morgan fingerprint density at radius 1 is 1.29 bits per heavy atom. The summed E-state index contributed by atoms with van der Waals surface area (Å²) in [4.78, 5) is 16.5. The minimum absolute atomic E-state index is 0.0360. The summed E-state index contributed by atoms with van der Waals surface area (Å²) in [6.45, 7) is 4.66. The van der Waals surface area contributed by atoms with Crippen LogP contribution in [0.1, 0.15) is 25.1 Å². The maximum absolute atomic E-state index is 12.1. The van der Waals surface area contributed by atoms with Crippen molar-refractivity contribution in [3.05, 3.63) is 54.1 Å². The molecule has 0 aliphatic carbocycles. The molecule has 2 rings (SSSR count). The number of ketones is 1. The standard InChI is InChI=1S/C17H23N3O/c1-13(2)17(21)16(18-3)9-15-11-20(12-19-15)10-14-7-5-4-6-8-14/h4-8,11-13,16,18H,9-10H2,1-3H3/t16-/m0/s1. The van der Waals surface area contributed by atoms with E-state index in [4.69, 9.17) is 0 Å². The molecule has 0 unspecified atom stereocenters. The molecule has 0 spiro atoms. The summed E-state index contributed by atoms with van der Waals surface area (Å²) in [5.41, 5.74) is 2.18. The van der Waals surface area contributed by atoms with Crippen LogP contribution >= 0.6 is 0 Å². The largest absolute Gasteiger partial charge is 0.333 e. The van der Waals surface area contributed by atoms with Gasteiger partial charge in [-0.15, -0.1) is 0 Å². The van der Waals surface area contributed by atoms with Crippen LogP contribution in [0.25, 0.3) is 0 Å². The van der Waals surface area contributed by atoms with Crippen LogP contribution in [0.2, 0.25) is 0 Å². The number of carbonyl (C=O) groups is 1. The highest BCUT2D eigenvalue weighted by atomic mass is 16.1. The normalized spacial score (nSPS) is 12.6. The van der Waals surface area contributed by atoms with Crippen molar-refractivity contribution in [2.24, 2.45) is 5.92 Å². The van der Waals surface area contributed by atoms with E-state index in [1.165, 1.54) is 5.56 Å². The predicted molar refractivity (Wildman–Crippen MR) is 84.2 cm³/mol. The second-order valence-corrected chi connectivity index (χ2v) is 5.63. The number of rotatable bonds is 7. The molecular formula is C17H23N3O. The summed E-state index contributed by atoms with van der Waals surface area (Å²) in [5.74, 6) is 0.268. The van der Waals surface area contributed by atoms with Gasteiger partial charge in [-0.2, -0.15) is 0 Å². The third-order valence-corrected chi connectivity index (χ3v) is 3.57. The fraction of sp³-hybridized carbons (Fsp3) is 0.412. The maximum atomic E-state index is 12.1. The SMILES string of the molecule is CN[C@@H](Cc1cn(Cc2ccccc2)cn1)C(=O)C(C)C. The maximum Gasteiger partial charge on any atom is 0.152 e. The van der Waals surface area contributed by atoms with E-state index in [1.54, 1.807) is 0 Å². The van der Waals surface area contributed by atoms with Crippen LogP contribution in [0.3, 0.4) is 0 Å². The second kappa shape index (κ2) is 7.18. The molecular weight excluding hydrogens is 262 g/mol. The molecule has 0 bridgehead atoms. The quantitative estimate of drug-likeness (QED) is 0.849. The Morgan fingerprint density at radius 3 is 2.62 bits per heavy atom. The first-order valence-electron chi connectivity index (χ1n) is 7.35. The van der Waals surface area contributed by atoms with E-state index >= 15 is 0 Å². The lowest BCUT2D eigenvalue weighted by atomic mass is 9.98. The zero-order valence-corrected chi connectivity index (χ0v) is 12.9. The topological polar surface area (TPSA) is 46.9 Å². The van der Waals surface area contributed by atoms with Crippen molar-refractivity contribution < 1.29 is 4.79 Å². The molecule has 1 atom stereocenters. The van der Waals surface area contributed by atoms with Crippen molar-refractivity contribution in [1.82, 2.24) is 14.9 Å². The number of likely N-dealkylation sites (N-methyl/N-ethyl adjacent to an activating group) is 1. The molecule has 21 heavy (non-hydrogen) atoms. The van der Waals surface area contributed by atoms with Gasteiger partial charge in [0.15, 0.2) is 5.78 Å². The zero-order valence-electron chi connectivity index (χ0n) is 12.9. The lowest BCUT2D eigenvalue weighted by Crippen LogP contribution is -2.38. The number of aromatic nitrogens is 2. The van der Waals surface area contributed by atoms with Gasteiger partial charge in [-0.25, -0.2) is 4.98 Å². The summed E-state index contributed by atoms with van der Waals surface area (Å²) < 4.78 is 2.05. The van der Waals surface area contributed by atoms with Gasteiger partial charge in [0, 0.05) is 25.1 Å². The average Bonchev–Trinajstić information content (AvgIpc) is 2.92. The van der Waals surface area contributed by atoms with E-state index in [0.717, 1.165) is 12.2 Å². The van der Waals surface area contributed by atoms with Crippen LogP contribution in [0.5, 0.6) is 0 Å². The van der Waals surface area contributed by atoms with Gasteiger partial charge in [-0.05, 0) is 12.6 Å². The number of nitrogens with zero attached hydrogens (tertiary/aromatic N) is 2. The summed E-state index contributed by atoms with van der Waals surface area (Å²) in [6, 6.07) is 10.1. The first kappa shape index (κ1) is 15.4. The van der Waals surface area contributed by atoms with Crippen molar-refractivity contribution >= 4 is 5.78 Å². The molecule has 112 valence electrons. The van der Waals surface area contributed by atoms with Crippen molar-refractivity contribution in [1.29, 1.82) is 0 Å². The highest BCUT2D eigenvalue weighted by Crippen LogP contribution is 2.08. The smallest absolute Gasteiger partial charge is 0.152 e. The third-order valence-electron chi connectivity index (χ3n) is 3.57. The number of carbonyl (C=O) groups excluding carboxylic acids is 1. The number of nitrogens with one attached hydrogen (secondary N) is 1.